The molecule has 1 aliphatic rings. The van der Waals surface area contributed by atoms with E-state index < -0.39 is 10.0 Å². The van der Waals surface area contributed by atoms with Gasteiger partial charge in [-0.2, -0.15) is 0 Å². The van der Waals surface area contributed by atoms with E-state index >= 15 is 0 Å². The van der Waals surface area contributed by atoms with Crippen molar-refractivity contribution in [3.63, 3.8) is 0 Å². The molecule has 0 aromatic heterocycles. The predicted octanol–water partition coefficient (Wildman–Crippen LogP) is 1.39. The molecule has 0 amide bonds. The molecule has 0 radical (unpaired) electrons. The number of benzene rings is 1. The molecule has 0 saturated heterocycles. The van der Waals surface area contributed by atoms with Crippen LogP contribution in [0, 0.1) is 0 Å². The predicted molar refractivity (Wildman–Crippen MR) is 83.4 cm³/mol. The number of sulfonamides is 1. The fourth-order valence-corrected chi connectivity index (χ4v) is 3.55. The molecule has 1 unspecified atom stereocenters. The second-order valence-corrected chi connectivity index (χ2v) is 7.46. The van der Waals surface area contributed by atoms with E-state index in [4.69, 9.17) is 4.74 Å². The fourth-order valence-electron chi connectivity index (χ4n) is 2.15. The maximum Gasteiger partial charge on any atom is 0.216 e. The zero-order valence-corrected chi connectivity index (χ0v) is 13.4. The van der Waals surface area contributed by atoms with Gasteiger partial charge in [0.05, 0.1) is 12.4 Å². The van der Waals surface area contributed by atoms with Gasteiger partial charge < -0.3 is 10.1 Å². The van der Waals surface area contributed by atoms with E-state index in [1.807, 2.05) is 24.3 Å². The van der Waals surface area contributed by atoms with Crippen LogP contribution in [0.2, 0.25) is 0 Å². The summed E-state index contributed by atoms with van der Waals surface area (Å²) in [5.41, 5.74) is 1.98. The summed E-state index contributed by atoms with van der Waals surface area (Å²) in [6, 6.07) is 8.19. The molecule has 21 heavy (non-hydrogen) atoms. The van der Waals surface area contributed by atoms with Gasteiger partial charge in [-0.3, -0.25) is 0 Å². The summed E-state index contributed by atoms with van der Waals surface area (Å²) in [5.74, 6) is -0.00259. The number of ether oxygens (including phenoxy) is 1. The molecule has 0 aliphatic heterocycles. The number of methoxy groups -OCH3 is 1. The molecule has 1 atom stereocenters. The first-order valence-electron chi connectivity index (χ1n) is 7.28. The van der Waals surface area contributed by atoms with E-state index in [1.54, 1.807) is 14.0 Å². The summed E-state index contributed by atoms with van der Waals surface area (Å²) in [5, 5.41) is 3.44. The van der Waals surface area contributed by atoms with Gasteiger partial charge in [0.1, 0.15) is 0 Å². The second-order valence-electron chi connectivity index (χ2n) is 5.70. The Morgan fingerprint density at radius 3 is 2.43 bits per heavy atom. The average Bonchev–Trinajstić information content (AvgIpc) is 3.21. The van der Waals surface area contributed by atoms with Crippen LogP contribution in [0.4, 0.5) is 0 Å². The van der Waals surface area contributed by atoms with Crippen LogP contribution in [-0.4, -0.2) is 34.2 Å². The first kappa shape index (κ1) is 16.4. The quantitative estimate of drug-likeness (QED) is 0.723. The molecule has 0 spiro atoms. The zero-order chi connectivity index (χ0) is 15.3. The van der Waals surface area contributed by atoms with Crippen LogP contribution in [0.3, 0.4) is 0 Å². The summed E-state index contributed by atoms with van der Waals surface area (Å²) >= 11 is 0. The Morgan fingerprint density at radius 2 is 1.86 bits per heavy atom. The SMILES string of the molecule is COCC(C)NS(=O)(=O)Cc1ccc(CNC2CC2)cc1. The van der Waals surface area contributed by atoms with Crippen LogP contribution >= 0.6 is 0 Å². The highest BCUT2D eigenvalue weighted by Crippen LogP contribution is 2.19. The van der Waals surface area contributed by atoms with E-state index in [2.05, 4.69) is 10.0 Å². The highest BCUT2D eigenvalue weighted by molar-refractivity contribution is 7.88. The van der Waals surface area contributed by atoms with Crippen LogP contribution in [0.1, 0.15) is 30.9 Å². The molecule has 6 heteroatoms. The van der Waals surface area contributed by atoms with Crippen molar-refractivity contribution < 1.29 is 13.2 Å². The smallest absolute Gasteiger partial charge is 0.216 e. The van der Waals surface area contributed by atoms with E-state index in [-0.39, 0.29) is 11.8 Å². The molecule has 2 N–H and O–H groups in total. The second kappa shape index (κ2) is 7.35. The van der Waals surface area contributed by atoms with E-state index in [0.29, 0.717) is 12.6 Å². The Morgan fingerprint density at radius 1 is 1.24 bits per heavy atom. The van der Waals surface area contributed by atoms with Crippen LogP contribution in [-0.2, 0) is 27.1 Å². The highest BCUT2D eigenvalue weighted by Gasteiger charge is 2.20. The standard InChI is InChI=1S/C15H24N2O3S/c1-12(10-20-2)17-21(18,19)11-14-5-3-13(4-6-14)9-16-15-7-8-15/h3-6,12,15-17H,7-11H2,1-2H3. The van der Waals surface area contributed by atoms with Gasteiger partial charge in [0.15, 0.2) is 0 Å². The maximum atomic E-state index is 12.0. The van der Waals surface area contributed by atoms with Crippen molar-refractivity contribution in [3.05, 3.63) is 35.4 Å². The first-order chi connectivity index (χ1) is 9.98. The zero-order valence-electron chi connectivity index (χ0n) is 12.6. The van der Waals surface area contributed by atoms with Crippen molar-refractivity contribution in [1.29, 1.82) is 0 Å². The number of nitrogens with one attached hydrogen (secondary N) is 2. The lowest BCUT2D eigenvalue weighted by molar-refractivity contribution is 0.180. The summed E-state index contributed by atoms with van der Waals surface area (Å²) in [4.78, 5) is 0. The molecule has 1 aromatic carbocycles. The third-order valence-corrected chi connectivity index (χ3v) is 4.82. The van der Waals surface area contributed by atoms with E-state index in [0.717, 1.165) is 12.1 Å². The molecule has 1 saturated carbocycles. The lowest BCUT2D eigenvalue weighted by atomic mass is 10.1. The largest absolute Gasteiger partial charge is 0.383 e. The van der Waals surface area contributed by atoms with Gasteiger partial charge in [-0.05, 0) is 30.9 Å². The molecule has 1 fully saturated rings. The average molecular weight is 312 g/mol. The molecule has 118 valence electrons. The highest BCUT2D eigenvalue weighted by atomic mass is 32.2. The maximum absolute atomic E-state index is 12.0. The van der Waals surface area contributed by atoms with Gasteiger partial charge in [0, 0.05) is 25.7 Å². The molecule has 2 rings (SSSR count). The monoisotopic (exact) mass is 312 g/mol. The van der Waals surface area contributed by atoms with Crippen molar-refractivity contribution in [2.24, 2.45) is 0 Å². The van der Waals surface area contributed by atoms with Crippen LogP contribution < -0.4 is 10.0 Å². The Hall–Kier alpha value is -0.950. The summed E-state index contributed by atoms with van der Waals surface area (Å²) in [6.07, 6.45) is 2.53. The first-order valence-corrected chi connectivity index (χ1v) is 8.94. The van der Waals surface area contributed by atoms with Gasteiger partial charge >= 0.3 is 0 Å². The molecule has 0 bridgehead atoms. The van der Waals surface area contributed by atoms with Gasteiger partial charge in [0.2, 0.25) is 10.0 Å². The van der Waals surface area contributed by atoms with Crippen LogP contribution in [0.15, 0.2) is 24.3 Å². The third kappa shape index (κ3) is 6.13. The third-order valence-electron chi connectivity index (χ3n) is 3.35. The van der Waals surface area contributed by atoms with Gasteiger partial charge in [0.25, 0.3) is 0 Å². The van der Waals surface area contributed by atoms with Crippen molar-refractivity contribution in [1.82, 2.24) is 10.0 Å². The molecule has 1 aromatic rings. The van der Waals surface area contributed by atoms with Crippen molar-refractivity contribution in [2.45, 2.75) is 44.1 Å². The molecule has 5 nitrogen and oxygen atoms in total. The Bertz CT molecular complexity index is 539. The molecule has 1 aliphatic carbocycles. The van der Waals surface area contributed by atoms with Crippen molar-refractivity contribution >= 4 is 10.0 Å². The summed E-state index contributed by atoms with van der Waals surface area (Å²) in [7, 11) is -1.78. The minimum absolute atomic E-state index is 0.00259. The van der Waals surface area contributed by atoms with Gasteiger partial charge in [-0.1, -0.05) is 24.3 Å². The summed E-state index contributed by atoms with van der Waals surface area (Å²) < 4.78 is 31.6. The number of hydrogen-bond donors (Lipinski definition) is 2. The van der Waals surface area contributed by atoms with Crippen molar-refractivity contribution in [3.8, 4) is 0 Å². The lowest BCUT2D eigenvalue weighted by Gasteiger charge is -2.13. The van der Waals surface area contributed by atoms with Gasteiger partial charge in [-0.25, -0.2) is 13.1 Å². The Labute approximate surface area is 127 Å². The molecular weight excluding hydrogens is 288 g/mol. The Kier molecular flexibility index (Phi) is 5.75. The number of rotatable bonds is 9. The lowest BCUT2D eigenvalue weighted by Crippen LogP contribution is -2.36. The molecule has 0 heterocycles. The van der Waals surface area contributed by atoms with Gasteiger partial charge in [-0.15, -0.1) is 0 Å². The van der Waals surface area contributed by atoms with Crippen LogP contribution in [0.25, 0.3) is 0 Å². The normalized spacial score (nSPS) is 16.9. The topological polar surface area (TPSA) is 67.4 Å². The minimum atomic E-state index is -3.33. The van der Waals surface area contributed by atoms with E-state index in [9.17, 15) is 8.42 Å². The Balaban J connectivity index is 1.86. The molecular formula is C15H24N2O3S. The van der Waals surface area contributed by atoms with Crippen LogP contribution in [0.5, 0.6) is 0 Å². The summed E-state index contributed by atoms with van der Waals surface area (Å²) in [6.45, 7) is 3.00. The number of hydrogen-bond acceptors (Lipinski definition) is 4. The van der Waals surface area contributed by atoms with E-state index in [1.165, 1.54) is 18.4 Å². The van der Waals surface area contributed by atoms with Crippen molar-refractivity contribution in [2.75, 3.05) is 13.7 Å². The fraction of sp³-hybridized carbons (Fsp3) is 0.600. The minimum Gasteiger partial charge on any atom is -0.383 e.